The van der Waals surface area contributed by atoms with E-state index in [1.54, 1.807) is 12.4 Å². The van der Waals surface area contributed by atoms with Crippen LogP contribution in [0.1, 0.15) is 103 Å². The topological polar surface area (TPSA) is 53.5 Å². The van der Waals surface area contributed by atoms with Crippen molar-refractivity contribution in [2.45, 2.75) is 103 Å². The Bertz CT molecular complexity index is 764. The second-order valence-electron chi connectivity index (χ2n) is 9.13. The van der Waals surface area contributed by atoms with Crippen LogP contribution in [0.4, 0.5) is 0 Å². The van der Waals surface area contributed by atoms with Crippen LogP contribution in [-0.4, -0.2) is 29.5 Å². The number of rotatable bonds is 15. The van der Waals surface area contributed by atoms with E-state index in [1.807, 2.05) is 0 Å². The zero-order valence-electron chi connectivity index (χ0n) is 20.6. The number of hydrogen-bond acceptors (Lipinski definition) is 5. The summed E-state index contributed by atoms with van der Waals surface area (Å²) in [5.41, 5.74) is 2.20. The van der Waals surface area contributed by atoms with Crippen LogP contribution in [0.15, 0.2) is 36.7 Å². The maximum Gasteiger partial charge on any atom is 0.159 e. The van der Waals surface area contributed by atoms with Crippen molar-refractivity contribution < 1.29 is 14.2 Å². The predicted octanol–water partition coefficient (Wildman–Crippen LogP) is 7.66. The first kappa shape index (κ1) is 25.6. The molecule has 33 heavy (non-hydrogen) atoms. The van der Waals surface area contributed by atoms with Gasteiger partial charge in [0.25, 0.3) is 0 Å². The van der Waals surface area contributed by atoms with Gasteiger partial charge in [0.05, 0.1) is 31.2 Å². The van der Waals surface area contributed by atoms with Gasteiger partial charge < -0.3 is 14.2 Å². The summed E-state index contributed by atoms with van der Waals surface area (Å²) in [6, 6.07) is 8.42. The predicted molar refractivity (Wildman–Crippen MR) is 133 cm³/mol. The molecule has 1 aromatic heterocycles. The van der Waals surface area contributed by atoms with Crippen molar-refractivity contribution in [1.29, 1.82) is 0 Å². The largest absolute Gasteiger partial charge is 0.490 e. The van der Waals surface area contributed by atoms with E-state index in [0.717, 1.165) is 43.0 Å². The quantitative estimate of drug-likeness (QED) is 0.259. The molecule has 0 aliphatic carbocycles. The van der Waals surface area contributed by atoms with E-state index in [2.05, 4.69) is 48.1 Å². The molecule has 2 heterocycles. The highest BCUT2D eigenvalue weighted by Gasteiger charge is 2.24. The minimum absolute atomic E-state index is 0.0997. The molecule has 182 valence electrons. The maximum atomic E-state index is 5.89. The Morgan fingerprint density at radius 1 is 0.818 bits per heavy atom. The molecule has 3 rings (SSSR count). The second-order valence-corrected chi connectivity index (χ2v) is 9.13. The van der Waals surface area contributed by atoms with Gasteiger partial charge in [-0.2, -0.15) is 0 Å². The zero-order chi connectivity index (χ0) is 23.1. The Labute approximate surface area is 200 Å². The average molecular weight is 455 g/mol. The van der Waals surface area contributed by atoms with Gasteiger partial charge in [0.15, 0.2) is 11.6 Å². The van der Waals surface area contributed by atoms with Crippen LogP contribution in [-0.2, 0) is 9.47 Å². The molecule has 0 N–H and O–H groups in total. The maximum absolute atomic E-state index is 5.89. The summed E-state index contributed by atoms with van der Waals surface area (Å²) in [6.07, 6.45) is 18.6. The first-order valence-electron chi connectivity index (χ1n) is 13.1. The number of ether oxygens (including phenoxy) is 3. The Morgan fingerprint density at radius 2 is 1.48 bits per heavy atom. The van der Waals surface area contributed by atoms with Gasteiger partial charge in [-0.15, -0.1) is 0 Å². The van der Waals surface area contributed by atoms with Gasteiger partial charge in [-0.1, -0.05) is 95.9 Å². The minimum atomic E-state index is 0.0997. The van der Waals surface area contributed by atoms with Crippen molar-refractivity contribution in [3.05, 3.63) is 42.2 Å². The van der Waals surface area contributed by atoms with Gasteiger partial charge in [-0.3, -0.25) is 0 Å². The van der Waals surface area contributed by atoms with Crippen molar-refractivity contribution >= 4 is 0 Å². The molecule has 5 nitrogen and oxygen atoms in total. The highest BCUT2D eigenvalue weighted by atomic mass is 16.7. The van der Waals surface area contributed by atoms with Gasteiger partial charge in [0, 0.05) is 12.0 Å². The van der Waals surface area contributed by atoms with Crippen molar-refractivity contribution in [3.8, 4) is 17.1 Å². The Balaban J connectivity index is 1.43. The van der Waals surface area contributed by atoms with Gasteiger partial charge in [0.2, 0.25) is 0 Å². The summed E-state index contributed by atoms with van der Waals surface area (Å²) < 4.78 is 17.5. The average Bonchev–Trinajstić information content (AvgIpc) is 2.87. The lowest BCUT2D eigenvalue weighted by Crippen LogP contribution is -2.26. The molecule has 1 fully saturated rings. The summed E-state index contributed by atoms with van der Waals surface area (Å²) >= 11 is 0. The van der Waals surface area contributed by atoms with Gasteiger partial charge in [-0.05, 0) is 18.4 Å². The Hall–Kier alpha value is -1.98. The second kappa shape index (κ2) is 15.0. The van der Waals surface area contributed by atoms with Gasteiger partial charge >= 0.3 is 0 Å². The molecule has 2 aromatic rings. The molecule has 1 saturated heterocycles. The third-order valence-electron chi connectivity index (χ3n) is 6.37. The fourth-order valence-electron chi connectivity index (χ4n) is 4.28. The molecule has 0 spiro atoms. The van der Waals surface area contributed by atoms with E-state index >= 15 is 0 Å². The van der Waals surface area contributed by atoms with E-state index < -0.39 is 0 Å². The van der Waals surface area contributed by atoms with E-state index in [-0.39, 0.29) is 6.10 Å². The SMILES string of the molecule is CCCCCCCCOc1cnc(-c2ccc([C@H]3C[C@@H](CCCCCC)OCO3)cc2)nc1. The number of unbranched alkanes of at least 4 members (excludes halogenated alkanes) is 8. The van der Waals surface area contributed by atoms with Crippen LogP contribution < -0.4 is 4.74 Å². The fourth-order valence-corrected chi connectivity index (χ4v) is 4.28. The Kier molecular flexibility index (Phi) is 11.7. The number of nitrogens with zero attached hydrogens (tertiary/aromatic N) is 2. The highest BCUT2D eigenvalue weighted by molar-refractivity contribution is 5.55. The molecule has 1 aliphatic heterocycles. The first-order chi connectivity index (χ1) is 16.3. The third-order valence-corrected chi connectivity index (χ3v) is 6.37. The Morgan fingerprint density at radius 3 is 2.21 bits per heavy atom. The number of aromatic nitrogens is 2. The molecule has 0 saturated carbocycles. The standard InChI is InChI=1S/C28H42N2O3/c1-3-5-7-9-10-12-18-31-26-20-29-28(30-21-26)24-16-14-23(15-17-24)27-19-25(32-22-33-27)13-11-8-6-4-2/h14-17,20-21,25,27H,3-13,18-19,22H2,1-2H3/t25-,27-/m1/s1. The zero-order valence-corrected chi connectivity index (χ0v) is 20.6. The highest BCUT2D eigenvalue weighted by Crippen LogP contribution is 2.31. The fraction of sp³-hybridized carbons (Fsp3) is 0.643. The van der Waals surface area contributed by atoms with E-state index in [1.165, 1.54) is 63.4 Å². The van der Waals surface area contributed by atoms with Crippen LogP contribution in [0, 0.1) is 0 Å². The lowest BCUT2D eigenvalue weighted by atomic mass is 9.98. The van der Waals surface area contributed by atoms with Crippen molar-refractivity contribution in [1.82, 2.24) is 9.97 Å². The van der Waals surface area contributed by atoms with Gasteiger partial charge in [0.1, 0.15) is 6.79 Å². The summed E-state index contributed by atoms with van der Waals surface area (Å²) in [6.45, 7) is 5.60. The van der Waals surface area contributed by atoms with Crippen LogP contribution in [0.2, 0.25) is 0 Å². The third kappa shape index (κ3) is 9.05. The molecule has 2 atom stereocenters. The normalized spacial score (nSPS) is 18.4. The molecule has 0 unspecified atom stereocenters. The minimum Gasteiger partial charge on any atom is -0.490 e. The summed E-state index contributed by atoms with van der Waals surface area (Å²) in [7, 11) is 0. The summed E-state index contributed by atoms with van der Waals surface area (Å²) in [5.74, 6) is 1.46. The smallest absolute Gasteiger partial charge is 0.159 e. The molecule has 1 aliphatic rings. The van der Waals surface area contributed by atoms with Crippen LogP contribution in [0.3, 0.4) is 0 Å². The monoisotopic (exact) mass is 454 g/mol. The molecular formula is C28H42N2O3. The van der Waals surface area contributed by atoms with E-state index in [0.29, 0.717) is 12.9 Å². The van der Waals surface area contributed by atoms with Crippen LogP contribution >= 0.6 is 0 Å². The van der Waals surface area contributed by atoms with Crippen LogP contribution in [0.25, 0.3) is 11.4 Å². The van der Waals surface area contributed by atoms with Gasteiger partial charge in [-0.25, -0.2) is 9.97 Å². The molecule has 1 aromatic carbocycles. The first-order valence-corrected chi connectivity index (χ1v) is 13.1. The van der Waals surface area contributed by atoms with Crippen molar-refractivity contribution in [3.63, 3.8) is 0 Å². The lowest BCUT2D eigenvalue weighted by Gasteiger charge is -2.30. The summed E-state index contributed by atoms with van der Waals surface area (Å²) in [5, 5.41) is 0. The summed E-state index contributed by atoms with van der Waals surface area (Å²) in [4.78, 5) is 9.01. The molecule has 0 amide bonds. The van der Waals surface area contributed by atoms with Crippen LogP contribution in [0.5, 0.6) is 5.75 Å². The lowest BCUT2D eigenvalue weighted by molar-refractivity contribution is -0.179. The van der Waals surface area contributed by atoms with Crippen molar-refractivity contribution in [2.24, 2.45) is 0 Å². The molecule has 0 radical (unpaired) electrons. The number of hydrogen-bond donors (Lipinski definition) is 0. The molecule has 5 heteroatoms. The van der Waals surface area contributed by atoms with E-state index in [9.17, 15) is 0 Å². The molecule has 0 bridgehead atoms. The van der Waals surface area contributed by atoms with Crippen molar-refractivity contribution in [2.75, 3.05) is 13.4 Å². The van der Waals surface area contributed by atoms with E-state index in [4.69, 9.17) is 14.2 Å². The molecular weight excluding hydrogens is 412 g/mol. The number of benzene rings is 1.